The second kappa shape index (κ2) is 8.22. The summed E-state index contributed by atoms with van der Waals surface area (Å²) in [6.45, 7) is 4.27. The van der Waals surface area contributed by atoms with Crippen molar-refractivity contribution >= 4 is 33.3 Å². The van der Waals surface area contributed by atoms with E-state index in [1.54, 1.807) is 0 Å². The van der Waals surface area contributed by atoms with E-state index in [1.807, 2.05) is 41.0 Å². The van der Waals surface area contributed by atoms with E-state index in [-0.39, 0.29) is 10.8 Å². The molecule has 1 aromatic carbocycles. The molecule has 0 N–H and O–H groups in total. The van der Waals surface area contributed by atoms with Crippen molar-refractivity contribution in [3.05, 3.63) is 52.7 Å². The molecule has 1 saturated heterocycles. The summed E-state index contributed by atoms with van der Waals surface area (Å²) in [4.78, 5) is 25.7. The third-order valence-electron chi connectivity index (χ3n) is 5.14. The average Bonchev–Trinajstić information content (AvgIpc) is 3.10. The summed E-state index contributed by atoms with van der Waals surface area (Å²) in [5.41, 5.74) is 2.14. The van der Waals surface area contributed by atoms with E-state index in [9.17, 15) is 18.0 Å². The molecule has 9 heteroatoms. The lowest BCUT2D eigenvalue weighted by Crippen LogP contribution is -2.49. The largest absolute Gasteiger partial charge is 0.393 e. The molecule has 4 rings (SSSR count). The fourth-order valence-electron chi connectivity index (χ4n) is 3.59. The van der Waals surface area contributed by atoms with E-state index in [0.717, 1.165) is 22.5 Å². The van der Waals surface area contributed by atoms with Gasteiger partial charge in [-0.1, -0.05) is 29.8 Å². The van der Waals surface area contributed by atoms with Crippen molar-refractivity contribution in [1.29, 1.82) is 0 Å². The van der Waals surface area contributed by atoms with Crippen LogP contribution in [-0.2, 0) is 17.6 Å². The molecule has 3 heterocycles. The highest BCUT2D eigenvalue weighted by Gasteiger charge is 2.30. The van der Waals surface area contributed by atoms with Gasteiger partial charge in [0.1, 0.15) is 17.0 Å². The molecule has 0 bridgehead atoms. The Balaban J connectivity index is 1.43. The summed E-state index contributed by atoms with van der Waals surface area (Å²) in [7, 11) is 0. The van der Waals surface area contributed by atoms with Crippen LogP contribution in [0.2, 0.25) is 0 Å². The van der Waals surface area contributed by atoms with Gasteiger partial charge in [-0.05, 0) is 18.6 Å². The van der Waals surface area contributed by atoms with Crippen molar-refractivity contribution in [1.82, 2.24) is 14.9 Å². The average molecular weight is 434 g/mol. The van der Waals surface area contributed by atoms with Crippen LogP contribution >= 0.6 is 11.3 Å². The van der Waals surface area contributed by atoms with Gasteiger partial charge in [-0.3, -0.25) is 4.79 Å². The Morgan fingerprint density at radius 1 is 1.10 bits per heavy atom. The van der Waals surface area contributed by atoms with Crippen molar-refractivity contribution in [2.24, 2.45) is 0 Å². The number of halogens is 3. The predicted molar refractivity (Wildman–Crippen MR) is 111 cm³/mol. The summed E-state index contributed by atoms with van der Waals surface area (Å²) < 4.78 is 38.2. The standard InChI is InChI=1S/C21H21F3N4OS/c1-14-2-4-15(5-3-14)10-18(29)27-6-8-28(9-7-27)19-17-11-16(12-21(22,23)24)30-20(17)26-13-25-19/h2-5,11,13H,6-10,12H2,1H3. The minimum Gasteiger partial charge on any atom is -0.352 e. The van der Waals surface area contributed by atoms with Crippen molar-refractivity contribution in [3.8, 4) is 0 Å². The predicted octanol–water partition coefficient (Wildman–Crippen LogP) is 4.00. The highest BCUT2D eigenvalue weighted by Crippen LogP contribution is 2.34. The SMILES string of the molecule is Cc1ccc(CC(=O)N2CCN(c3ncnc4sc(CC(F)(F)F)cc34)CC2)cc1. The highest BCUT2D eigenvalue weighted by atomic mass is 32.1. The zero-order valence-electron chi connectivity index (χ0n) is 16.4. The number of amides is 1. The first-order valence-electron chi connectivity index (χ1n) is 9.67. The lowest BCUT2D eigenvalue weighted by Gasteiger charge is -2.35. The fourth-order valence-corrected chi connectivity index (χ4v) is 4.61. The second-order valence-electron chi connectivity index (χ2n) is 7.45. The van der Waals surface area contributed by atoms with E-state index in [0.29, 0.717) is 48.6 Å². The van der Waals surface area contributed by atoms with E-state index in [1.165, 1.54) is 12.4 Å². The summed E-state index contributed by atoms with van der Waals surface area (Å²) in [6, 6.07) is 9.47. The summed E-state index contributed by atoms with van der Waals surface area (Å²) in [5.74, 6) is 0.713. The van der Waals surface area contributed by atoms with Crippen molar-refractivity contribution in [2.45, 2.75) is 25.9 Å². The van der Waals surface area contributed by atoms with E-state index in [4.69, 9.17) is 0 Å². The number of aromatic nitrogens is 2. The van der Waals surface area contributed by atoms with Crippen LogP contribution in [-0.4, -0.2) is 53.1 Å². The number of carbonyl (C=O) groups is 1. The number of anilines is 1. The number of carbonyl (C=O) groups excluding carboxylic acids is 1. The maximum atomic E-state index is 12.7. The molecule has 0 aliphatic carbocycles. The maximum absolute atomic E-state index is 12.7. The molecule has 0 radical (unpaired) electrons. The quantitative estimate of drug-likeness (QED) is 0.623. The number of benzene rings is 1. The van der Waals surface area contributed by atoms with Gasteiger partial charge in [0, 0.05) is 31.1 Å². The molecule has 3 aromatic rings. The third-order valence-corrected chi connectivity index (χ3v) is 6.19. The molecule has 1 fully saturated rings. The zero-order valence-corrected chi connectivity index (χ0v) is 17.3. The van der Waals surface area contributed by atoms with Crippen LogP contribution in [0.5, 0.6) is 0 Å². The highest BCUT2D eigenvalue weighted by molar-refractivity contribution is 7.18. The molecular formula is C21H21F3N4OS. The van der Waals surface area contributed by atoms with Gasteiger partial charge in [-0.15, -0.1) is 11.3 Å². The molecule has 0 unspecified atom stereocenters. The Hall–Kier alpha value is -2.68. The number of hydrogen-bond donors (Lipinski definition) is 0. The van der Waals surface area contributed by atoms with Gasteiger partial charge < -0.3 is 9.80 Å². The molecule has 0 atom stereocenters. The maximum Gasteiger partial charge on any atom is 0.393 e. The molecule has 0 saturated carbocycles. The number of fused-ring (bicyclic) bond motifs is 1. The topological polar surface area (TPSA) is 49.3 Å². The molecular weight excluding hydrogens is 413 g/mol. The minimum absolute atomic E-state index is 0.0781. The van der Waals surface area contributed by atoms with Crippen molar-refractivity contribution in [3.63, 3.8) is 0 Å². The Morgan fingerprint density at radius 3 is 2.47 bits per heavy atom. The molecule has 158 valence electrons. The fraction of sp³-hybridized carbons (Fsp3) is 0.381. The molecule has 1 aliphatic heterocycles. The number of thiophene rings is 1. The lowest BCUT2D eigenvalue weighted by molar-refractivity contribution is -0.130. The number of aryl methyl sites for hydroxylation is 1. The number of piperazine rings is 1. The second-order valence-corrected chi connectivity index (χ2v) is 8.57. The Kier molecular flexibility index (Phi) is 5.64. The molecule has 5 nitrogen and oxygen atoms in total. The first-order valence-corrected chi connectivity index (χ1v) is 10.5. The third kappa shape index (κ3) is 4.72. The van der Waals surface area contributed by atoms with Crippen LogP contribution < -0.4 is 4.90 Å². The van der Waals surface area contributed by atoms with Crippen LogP contribution in [0.3, 0.4) is 0 Å². The molecule has 1 amide bonds. The van der Waals surface area contributed by atoms with Crippen LogP contribution in [0.4, 0.5) is 19.0 Å². The van der Waals surface area contributed by atoms with Gasteiger partial charge in [0.05, 0.1) is 18.2 Å². The molecule has 30 heavy (non-hydrogen) atoms. The zero-order chi connectivity index (χ0) is 21.3. The molecule has 1 aliphatic rings. The molecule has 0 spiro atoms. The monoisotopic (exact) mass is 434 g/mol. The van der Waals surface area contributed by atoms with Crippen LogP contribution in [0.15, 0.2) is 36.7 Å². The van der Waals surface area contributed by atoms with Crippen LogP contribution in [0, 0.1) is 6.92 Å². The van der Waals surface area contributed by atoms with Crippen LogP contribution in [0.25, 0.3) is 10.2 Å². The first-order chi connectivity index (χ1) is 14.3. The summed E-state index contributed by atoms with van der Waals surface area (Å²) >= 11 is 1.05. The normalized spacial score (nSPS) is 15.1. The Morgan fingerprint density at radius 2 is 1.80 bits per heavy atom. The van der Waals surface area contributed by atoms with E-state index in [2.05, 4.69) is 9.97 Å². The van der Waals surface area contributed by atoms with Crippen molar-refractivity contribution < 1.29 is 18.0 Å². The number of alkyl halides is 3. The van der Waals surface area contributed by atoms with Crippen LogP contribution in [0.1, 0.15) is 16.0 Å². The van der Waals surface area contributed by atoms with E-state index < -0.39 is 12.6 Å². The smallest absolute Gasteiger partial charge is 0.352 e. The molecule has 2 aromatic heterocycles. The lowest BCUT2D eigenvalue weighted by atomic mass is 10.1. The summed E-state index contributed by atoms with van der Waals surface area (Å²) in [6.07, 6.45) is -3.46. The number of rotatable bonds is 4. The Bertz CT molecular complexity index is 1040. The number of hydrogen-bond acceptors (Lipinski definition) is 5. The van der Waals surface area contributed by atoms with Gasteiger partial charge in [0.2, 0.25) is 5.91 Å². The van der Waals surface area contributed by atoms with E-state index >= 15 is 0 Å². The van der Waals surface area contributed by atoms with Crippen molar-refractivity contribution in [2.75, 3.05) is 31.1 Å². The minimum atomic E-state index is -4.25. The number of nitrogens with zero attached hydrogens (tertiary/aromatic N) is 4. The Labute approximate surface area is 176 Å². The van der Waals surface area contributed by atoms with Gasteiger partial charge in [0.15, 0.2) is 0 Å². The van der Waals surface area contributed by atoms with Gasteiger partial charge in [-0.25, -0.2) is 9.97 Å². The van der Waals surface area contributed by atoms with Gasteiger partial charge in [-0.2, -0.15) is 13.2 Å². The van der Waals surface area contributed by atoms with Gasteiger partial charge in [0.25, 0.3) is 0 Å². The first kappa shape index (κ1) is 20.6. The van der Waals surface area contributed by atoms with Gasteiger partial charge >= 0.3 is 6.18 Å². The summed E-state index contributed by atoms with van der Waals surface area (Å²) in [5, 5.41) is 0.640.